The number of fused-ring (bicyclic) bond motifs is 3. The molecule has 242 valence electrons. The van der Waals surface area contributed by atoms with Gasteiger partial charge in [-0.15, -0.1) is 11.3 Å². The summed E-state index contributed by atoms with van der Waals surface area (Å²) in [5, 5.41) is 5.96. The third-order valence-corrected chi connectivity index (χ3v) is 9.75. The predicted molar refractivity (Wildman–Crippen MR) is 167 cm³/mol. The average Bonchev–Trinajstić information content (AvgIpc) is 3.30. The van der Waals surface area contributed by atoms with Crippen LogP contribution in [0.4, 0.5) is 4.39 Å². The van der Waals surface area contributed by atoms with Gasteiger partial charge in [0.15, 0.2) is 5.01 Å². The Balaban J connectivity index is 1.30. The van der Waals surface area contributed by atoms with Crippen LogP contribution in [0.3, 0.4) is 0 Å². The average molecular weight is 650 g/mol. The van der Waals surface area contributed by atoms with Crippen LogP contribution in [0.2, 0.25) is 0 Å². The molecule has 2 aliphatic heterocycles. The molecule has 4 heterocycles. The van der Waals surface area contributed by atoms with Crippen molar-refractivity contribution in [3.63, 3.8) is 0 Å². The lowest BCUT2D eigenvalue weighted by Gasteiger charge is -2.29. The molecule has 0 bridgehead atoms. The van der Waals surface area contributed by atoms with Gasteiger partial charge in [0.1, 0.15) is 35.2 Å². The summed E-state index contributed by atoms with van der Waals surface area (Å²) < 4.78 is 20.1. The van der Waals surface area contributed by atoms with Crippen LogP contribution in [0.15, 0.2) is 36.5 Å². The first-order valence-electron chi connectivity index (χ1n) is 15.5. The van der Waals surface area contributed by atoms with Crippen LogP contribution in [0.25, 0.3) is 11.0 Å². The quantitative estimate of drug-likeness (QED) is 0.355. The van der Waals surface area contributed by atoms with Crippen LogP contribution < -0.4 is 21.1 Å². The second-order valence-electron chi connectivity index (χ2n) is 12.2. The molecule has 1 saturated heterocycles. The highest BCUT2D eigenvalue weighted by Gasteiger charge is 2.60. The fourth-order valence-corrected chi connectivity index (χ4v) is 6.91. The SMILES string of the molecule is Cc1cnc(C(=O)N[C@H]2CCCCC/C=C\[C@@H]3C[C@@]3(C(N)=O)NC(=O)[C@@H]3C[C@@H](Oc4nc5cc(F)ccc5nc4C)CN3C2=O)s1. The molecule has 6 rings (SSSR count). The lowest BCUT2D eigenvalue weighted by molar-refractivity contribution is -0.141. The Labute approximate surface area is 269 Å². The van der Waals surface area contributed by atoms with Crippen LogP contribution in [-0.4, -0.2) is 73.8 Å². The van der Waals surface area contributed by atoms with Crippen molar-refractivity contribution in [2.75, 3.05) is 6.54 Å². The van der Waals surface area contributed by atoms with Crippen molar-refractivity contribution in [3.8, 4) is 5.88 Å². The Kier molecular flexibility index (Phi) is 8.73. The van der Waals surface area contributed by atoms with E-state index >= 15 is 0 Å². The zero-order valence-corrected chi connectivity index (χ0v) is 26.4. The van der Waals surface area contributed by atoms with Crippen molar-refractivity contribution in [2.45, 2.75) is 82.5 Å². The van der Waals surface area contributed by atoms with Crippen molar-refractivity contribution in [2.24, 2.45) is 11.7 Å². The summed E-state index contributed by atoms with van der Waals surface area (Å²) in [6.45, 7) is 3.56. The number of benzene rings is 1. The number of nitrogens with two attached hydrogens (primary N) is 1. The van der Waals surface area contributed by atoms with E-state index in [-0.39, 0.29) is 29.8 Å². The number of nitrogens with zero attached hydrogens (tertiary/aromatic N) is 4. The Hall–Kier alpha value is -4.46. The predicted octanol–water partition coefficient (Wildman–Crippen LogP) is 2.87. The van der Waals surface area contributed by atoms with E-state index in [9.17, 15) is 23.6 Å². The first-order valence-corrected chi connectivity index (χ1v) is 16.3. The monoisotopic (exact) mass is 649 g/mol. The highest BCUT2D eigenvalue weighted by atomic mass is 32.1. The zero-order valence-electron chi connectivity index (χ0n) is 25.6. The molecule has 12 nitrogen and oxygen atoms in total. The van der Waals surface area contributed by atoms with E-state index in [4.69, 9.17) is 10.5 Å². The maximum absolute atomic E-state index is 14.3. The minimum atomic E-state index is -1.23. The first-order chi connectivity index (χ1) is 22.0. The number of halogens is 1. The third kappa shape index (κ3) is 6.43. The van der Waals surface area contributed by atoms with E-state index in [1.807, 2.05) is 19.1 Å². The molecule has 3 aromatic rings. The van der Waals surface area contributed by atoms with Gasteiger partial charge in [-0.2, -0.15) is 0 Å². The summed E-state index contributed by atoms with van der Waals surface area (Å²) in [7, 11) is 0. The molecule has 1 saturated carbocycles. The number of carbonyl (C=O) groups excluding carboxylic acids is 4. The van der Waals surface area contributed by atoms with E-state index in [1.165, 1.54) is 34.4 Å². The standard InChI is InChI=1S/C32H36FN7O5S/c1-17-15-35-29(46-17)27(42)37-23-9-7-5-3-4-6-8-19-14-32(19,31(34)44)39-26(41)25-13-21(16-40(25)30(23)43)45-28-18(2)36-22-11-10-20(33)12-24(22)38-28/h6,8,10-12,15,19,21,23,25H,3-5,7,9,13-14,16H2,1-2H3,(H2,34,44)(H,37,42)(H,39,41)/b8-6-/t19-,21-,23+,25+,32-/m1/s1. The normalized spacial score (nSPS) is 27.5. The van der Waals surface area contributed by atoms with Gasteiger partial charge in [0, 0.05) is 29.5 Å². The number of aryl methyl sites for hydroxylation is 2. The summed E-state index contributed by atoms with van der Waals surface area (Å²) in [6, 6.07) is 2.14. The Morgan fingerprint density at radius 1 is 1.17 bits per heavy atom. The van der Waals surface area contributed by atoms with Crippen molar-refractivity contribution in [1.82, 2.24) is 30.5 Å². The van der Waals surface area contributed by atoms with Crippen LogP contribution >= 0.6 is 11.3 Å². The van der Waals surface area contributed by atoms with Gasteiger partial charge in [-0.1, -0.05) is 25.0 Å². The van der Waals surface area contributed by atoms with Crippen molar-refractivity contribution >= 4 is 46.0 Å². The highest BCUT2D eigenvalue weighted by Crippen LogP contribution is 2.45. The van der Waals surface area contributed by atoms with Gasteiger partial charge in [0.05, 0.1) is 17.6 Å². The summed E-state index contributed by atoms with van der Waals surface area (Å²) in [6.07, 6.45) is 8.79. The maximum atomic E-state index is 14.3. The number of ether oxygens (including phenoxy) is 1. The largest absolute Gasteiger partial charge is 0.471 e. The van der Waals surface area contributed by atoms with E-state index in [1.54, 1.807) is 13.1 Å². The van der Waals surface area contributed by atoms with Gasteiger partial charge >= 0.3 is 0 Å². The third-order valence-electron chi connectivity index (χ3n) is 8.84. The van der Waals surface area contributed by atoms with E-state index in [0.29, 0.717) is 36.0 Å². The zero-order chi connectivity index (χ0) is 32.6. The highest BCUT2D eigenvalue weighted by molar-refractivity contribution is 7.13. The lowest BCUT2D eigenvalue weighted by atomic mass is 10.0. The second kappa shape index (κ2) is 12.7. The van der Waals surface area contributed by atoms with Crippen LogP contribution in [0, 0.1) is 25.6 Å². The molecule has 0 spiro atoms. The molecule has 5 atom stereocenters. The summed E-state index contributed by atoms with van der Waals surface area (Å²) in [4.78, 5) is 69.2. The topological polar surface area (TPSA) is 170 Å². The van der Waals surface area contributed by atoms with Crippen LogP contribution in [-0.2, 0) is 14.4 Å². The summed E-state index contributed by atoms with van der Waals surface area (Å²) in [5.41, 5.74) is 5.81. The number of rotatable bonds is 5. The molecule has 1 aromatic carbocycles. The minimum Gasteiger partial charge on any atom is -0.471 e. The molecule has 3 aliphatic rings. The number of primary amides is 1. The molecule has 46 heavy (non-hydrogen) atoms. The lowest BCUT2D eigenvalue weighted by Crippen LogP contribution is -2.57. The second-order valence-corrected chi connectivity index (χ2v) is 13.5. The Bertz CT molecular complexity index is 1730. The summed E-state index contributed by atoms with van der Waals surface area (Å²) >= 11 is 1.23. The number of thiazole rings is 1. The molecule has 2 fully saturated rings. The molecule has 4 N–H and O–H groups in total. The Morgan fingerprint density at radius 3 is 2.76 bits per heavy atom. The maximum Gasteiger partial charge on any atom is 0.280 e. The molecule has 14 heteroatoms. The number of allylic oxidation sites excluding steroid dienone is 1. The first kappa shape index (κ1) is 31.5. The van der Waals surface area contributed by atoms with E-state index in [0.717, 1.165) is 24.1 Å². The van der Waals surface area contributed by atoms with E-state index in [2.05, 4.69) is 25.6 Å². The fraction of sp³-hybridized carbons (Fsp3) is 0.469. The number of carbonyl (C=O) groups is 4. The van der Waals surface area contributed by atoms with Crippen LogP contribution in [0.5, 0.6) is 5.88 Å². The van der Waals surface area contributed by atoms with Gasteiger partial charge in [-0.05, 0) is 51.7 Å². The van der Waals surface area contributed by atoms with Gasteiger partial charge in [0.25, 0.3) is 5.91 Å². The number of nitrogens with one attached hydrogen (secondary N) is 2. The van der Waals surface area contributed by atoms with Crippen molar-refractivity contribution < 1.29 is 28.3 Å². The number of hydrogen-bond acceptors (Lipinski definition) is 9. The van der Waals surface area contributed by atoms with Crippen LogP contribution in [0.1, 0.15) is 65.3 Å². The molecule has 0 radical (unpaired) electrons. The van der Waals surface area contributed by atoms with Gasteiger partial charge < -0.3 is 26.0 Å². The van der Waals surface area contributed by atoms with E-state index < -0.39 is 53.2 Å². The fourth-order valence-electron chi connectivity index (χ4n) is 6.24. The van der Waals surface area contributed by atoms with Gasteiger partial charge in [0.2, 0.25) is 23.6 Å². The Morgan fingerprint density at radius 2 is 2.00 bits per heavy atom. The van der Waals surface area contributed by atoms with Crippen molar-refractivity contribution in [1.29, 1.82) is 0 Å². The minimum absolute atomic E-state index is 0.00879. The van der Waals surface area contributed by atoms with Gasteiger partial charge in [-0.25, -0.2) is 19.3 Å². The molecule has 0 unspecified atom stereocenters. The molecule has 1 aliphatic carbocycles. The number of hydrogen-bond donors (Lipinski definition) is 3. The smallest absolute Gasteiger partial charge is 0.280 e. The molecular formula is C32H36FN7O5S. The molecule has 4 amide bonds. The van der Waals surface area contributed by atoms with Crippen molar-refractivity contribution in [3.05, 3.63) is 57.9 Å². The molecule has 2 aromatic heterocycles. The number of aromatic nitrogens is 3. The molecular weight excluding hydrogens is 613 g/mol. The summed E-state index contributed by atoms with van der Waals surface area (Å²) in [5.74, 6) is -2.62. The number of amides is 4. The van der Waals surface area contributed by atoms with Gasteiger partial charge in [-0.3, -0.25) is 19.2 Å².